The maximum absolute atomic E-state index is 11.9. The number of carbonyl (C=O) groups is 2. The largest absolute Gasteiger partial charge is 0.322 e. The van der Waals surface area contributed by atoms with E-state index in [4.69, 9.17) is 0 Å². The number of nitrogens with zero attached hydrogens (tertiary/aromatic N) is 1. The van der Waals surface area contributed by atoms with Gasteiger partial charge in [-0.1, -0.05) is 24.3 Å². The molecule has 2 amide bonds. The number of hydrogen-bond acceptors (Lipinski definition) is 2. The molecule has 1 aromatic rings. The summed E-state index contributed by atoms with van der Waals surface area (Å²) in [6.45, 7) is 3.10. The Hall–Kier alpha value is -2.10. The molecule has 0 bridgehead atoms. The van der Waals surface area contributed by atoms with Gasteiger partial charge in [-0.05, 0) is 18.6 Å². The fourth-order valence-electron chi connectivity index (χ4n) is 1.75. The van der Waals surface area contributed by atoms with E-state index >= 15 is 0 Å². The van der Waals surface area contributed by atoms with Crippen molar-refractivity contribution < 1.29 is 9.59 Å². The third-order valence-electron chi connectivity index (χ3n) is 2.85. The molecule has 0 aromatic heterocycles. The van der Waals surface area contributed by atoms with Gasteiger partial charge in [-0.15, -0.1) is 0 Å². The summed E-state index contributed by atoms with van der Waals surface area (Å²) in [7, 11) is 0. The van der Waals surface area contributed by atoms with Gasteiger partial charge in [0.05, 0.1) is 0 Å². The number of amides is 2. The third kappa shape index (κ3) is 2.36. The number of nitrogens with one attached hydrogen (secondary N) is 1. The summed E-state index contributed by atoms with van der Waals surface area (Å²) in [6.07, 6.45) is 4.70. The molecular formula is C13H14N2O2. The van der Waals surface area contributed by atoms with E-state index in [0.717, 1.165) is 11.8 Å². The Morgan fingerprint density at radius 2 is 2.06 bits per heavy atom. The van der Waals surface area contributed by atoms with Crippen molar-refractivity contribution in [2.45, 2.75) is 6.92 Å². The molecule has 0 radical (unpaired) electrons. The Labute approximate surface area is 99.9 Å². The van der Waals surface area contributed by atoms with E-state index in [1.807, 2.05) is 19.1 Å². The highest BCUT2D eigenvalue weighted by molar-refractivity contribution is 5.92. The van der Waals surface area contributed by atoms with Crippen molar-refractivity contribution in [3.8, 4) is 0 Å². The summed E-state index contributed by atoms with van der Waals surface area (Å²) in [5, 5.41) is 2.81. The molecule has 4 nitrogen and oxygen atoms in total. The molecule has 1 aliphatic heterocycles. The first kappa shape index (κ1) is 11.4. The smallest absolute Gasteiger partial charge is 0.317 e. The molecule has 1 aromatic carbocycles. The highest BCUT2D eigenvalue weighted by Gasteiger charge is 2.15. The van der Waals surface area contributed by atoms with Crippen molar-refractivity contribution in [3.63, 3.8) is 0 Å². The number of anilines is 1. The molecule has 0 atom stereocenters. The van der Waals surface area contributed by atoms with Gasteiger partial charge in [0.25, 0.3) is 0 Å². The highest BCUT2D eigenvalue weighted by atomic mass is 16.2. The topological polar surface area (TPSA) is 49.4 Å². The Kier molecular flexibility index (Phi) is 3.23. The van der Waals surface area contributed by atoms with Crippen LogP contribution in [-0.4, -0.2) is 30.3 Å². The summed E-state index contributed by atoms with van der Waals surface area (Å²) in [6, 6.07) is 5.15. The Balaban J connectivity index is 2.13. The number of benzene rings is 1. The quantitative estimate of drug-likeness (QED) is 0.625. The first-order valence-corrected chi connectivity index (χ1v) is 5.48. The SMILES string of the molecule is Cc1c(C=O)cccc1NC(=O)N1CC=CC1. The lowest BCUT2D eigenvalue weighted by Crippen LogP contribution is -2.32. The summed E-state index contributed by atoms with van der Waals surface area (Å²) < 4.78 is 0. The van der Waals surface area contributed by atoms with Crippen LogP contribution in [0.25, 0.3) is 0 Å². The Morgan fingerprint density at radius 3 is 2.71 bits per heavy atom. The van der Waals surface area contributed by atoms with Crippen LogP contribution in [0.3, 0.4) is 0 Å². The van der Waals surface area contributed by atoms with Crippen LogP contribution in [0.5, 0.6) is 0 Å². The maximum Gasteiger partial charge on any atom is 0.322 e. The lowest BCUT2D eigenvalue weighted by molar-refractivity contribution is 0.112. The minimum absolute atomic E-state index is 0.138. The van der Waals surface area contributed by atoms with Crippen LogP contribution in [-0.2, 0) is 0 Å². The van der Waals surface area contributed by atoms with Crippen LogP contribution in [0.2, 0.25) is 0 Å². The summed E-state index contributed by atoms with van der Waals surface area (Å²) in [5.41, 5.74) is 2.08. The fraction of sp³-hybridized carbons (Fsp3) is 0.231. The minimum Gasteiger partial charge on any atom is -0.317 e. The first-order chi connectivity index (χ1) is 8.22. The molecular weight excluding hydrogens is 216 g/mol. The number of aldehydes is 1. The standard InChI is InChI=1S/C13H14N2O2/c1-10-11(9-16)5-4-6-12(10)14-13(17)15-7-2-3-8-15/h2-6,9H,7-8H2,1H3,(H,14,17). The monoisotopic (exact) mass is 230 g/mol. The fourth-order valence-corrected chi connectivity index (χ4v) is 1.75. The van der Waals surface area contributed by atoms with Gasteiger partial charge in [0, 0.05) is 24.3 Å². The van der Waals surface area contributed by atoms with Crippen LogP contribution in [0, 0.1) is 6.92 Å². The van der Waals surface area contributed by atoms with E-state index in [0.29, 0.717) is 24.3 Å². The second-order valence-electron chi connectivity index (χ2n) is 3.94. The van der Waals surface area contributed by atoms with Gasteiger partial charge in [-0.2, -0.15) is 0 Å². The normalized spacial score (nSPS) is 13.8. The molecule has 1 heterocycles. The van der Waals surface area contributed by atoms with Gasteiger partial charge in [-0.3, -0.25) is 4.79 Å². The number of rotatable bonds is 2. The first-order valence-electron chi connectivity index (χ1n) is 5.48. The van der Waals surface area contributed by atoms with E-state index in [9.17, 15) is 9.59 Å². The van der Waals surface area contributed by atoms with Crippen molar-refractivity contribution in [2.75, 3.05) is 18.4 Å². The number of hydrogen-bond donors (Lipinski definition) is 1. The summed E-state index contributed by atoms with van der Waals surface area (Å²) in [5.74, 6) is 0. The molecule has 0 saturated heterocycles. The summed E-state index contributed by atoms with van der Waals surface area (Å²) in [4.78, 5) is 24.3. The highest BCUT2D eigenvalue weighted by Crippen LogP contribution is 2.18. The van der Waals surface area contributed by atoms with E-state index in [1.54, 1.807) is 23.1 Å². The zero-order valence-corrected chi connectivity index (χ0v) is 9.64. The van der Waals surface area contributed by atoms with E-state index < -0.39 is 0 Å². The molecule has 4 heteroatoms. The maximum atomic E-state index is 11.9. The molecule has 1 aliphatic rings. The van der Waals surface area contributed by atoms with Gasteiger partial charge >= 0.3 is 6.03 Å². The predicted molar refractivity (Wildman–Crippen MR) is 66.3 cm³/mol. The molecule has 0 spiro atoms. The number of urea groups is 1. The van der Waals surface area contributed by atoms with Crippen molar-refractivity contribution in [1.29, 1.82) is 0 Å². The van der Waals surface area contributed by atoms with E-state index in [1.165, 1.54) is 0 Å². The molecule has 88 valence electrons. The Morgan fingerprint density at radius 1 is 1.35 bits per heavy atom. The van der Waals surface area contributed by atoms with Gasteiger partial charge < -0.3 is 10.2 Å². The van der Waals surface area contributed by atoms with E-state index in [-0.39, 0.29) is 6.03 Å². The molecule has 0 saturated carbocycles. The Bertz CT molecular complexity index is 472. The molecule has 1 N–H and O–H groups in total. The average Bonchev–Trinajstić information content (AvgIpc) is 2.85. The predicted octanol–water partition coefficient (Wildman–Crippen LogP) is 2.21. The minimum atomic E-state index is -0.138. The van der Waals surface area contributed by atoms with Crippen molar-refractivity contribution >= 4 is 18.0 Å². The average molecular weight is 230 g/mol. The van der Waals surface area contributed by atoms with Crippen molar-refractivity contribution in [3.05, 3.63) is 41.5 Å². The molecule has 0 fully saturated rings. The van der Waals surface area contributed by atoms with Gasteiger partial charge in [0.1, 0.15) is 6.29 Å². The van der Waals surface area contributed by atoms with Crippen molar-refractivity contribution in [1.82, 2.24) is 4.90 Å². The van der Waals surface area contributed by atoms with Crippen LogP contribution in [0.1, 0.15) is 15.9 Å². The van der Waals surface area contributed by atoms with Gasteiger partial charge in [0.2, 0.25) is 0 Å². The van der Waals surface area contributed by atoms with Gasteiger partial charge in [-0.25, -0.2) is 4.79 Å². The molecule has 17 heavy (non-hydrogen) atoms. The van der Waals surface area contributed by atoms with Crippen LogP contribution in [0.15, 0.2) is 30.4 Å². The van der Waals surface area contributed by atoms with Gasteiger partial charge in [0.15, 0.2) is 0 Å². The third-order valence-corrected chi connectivity index (χ3v) is 2.85. The molecule has 2 rings (SSSR count). The molecule has 0 unspecified atom stereocenters. The second-order valence-corrected chi connectivity index (χ2v) is 3.94. The zero-order chi connectivity index (χ0) is 12.3. The zero-order valence-electron chi connectivity index (χ0n) is 9.64. The van der Waals surface area contributed by atoms with Crippen LogP contribution < -0.4 is 5.32 Å². The lowest BCUT2D eigenvalue weighted by Gasteiger charge is -2.17. The summed E-state index contributed by atoms with van der Waals surface area (Å²) >= 11 is 0. The number of carbonyl (C=O) groups excluding carboxylic acids is 2. The van der Waals surface area contributed by atoms with E-state index in [2.05, 4.69) is 5.32 Å². The van der Waals surface area contributed by atoms with Crippen LogP contribution >= 0.6 is 0 Å². The molecule has 0 aliphatic carbocycles. The second kappa shape index (κ2) is 4.82. The lowest BCUT2D eigenvalue weighted by atomic mass is 10.1. The van der Waals surface area contributed by atoms with Crippen molar-refractivity contribution in [2.24, 2.45) is 0 Å². The van der Waals surface area contributed by atoms with Crippen LogP contribution in [0.4, 0.5) is 10.5 Å².